The van der Waals surface area contributed by atoms with Crippen LogP contribution < -0.4 is 0 Å². The van der Waals surface area contributed by atoms with Crippen LogP contribution in [0, 0.1) is 12.3 Å². The summed E-state index contributed by atoms with van der Waals surface area (Å²) in [7, 11) is 0. The first-order chi connectivity index (χ1) is 12.6. The summed E-state index contributed by atoms with van der Waals surface area (Å²) in [5, 5.41) is 0. The van der Waals surface area contributed by atoms with Crippen molar-refractivity contribution in [2.24, 2.45) is 5.41 Å². The van der Waals surface area contributed by atoms with Crippen LogP contribution in [0.2, 0.25) is 0 Å². The second kappa shape index (κ2) is 6.52. The van der Waals surface area contributed by atoms with Crippen molar-refractivity contribution in [1.82, 2.24) is 19.8 Å². The molecule has 4 rings (SSSR count). The average molecular weight is 350 g/mol. The number of aryl methyl sites for hydroxylation is 1. The van der Waals surface area contributed by atoms with E-state index in [4.69, 9.17) is 0 Å². The van der Waals surface area contributed by atoms with Gasteiger partial charge in [-0.2, -0.15) is 0 Å². The molecule has 0 unspecified atom stereocenters. The van der Waals surface area contributed by atoms with Gasteiger partial charge in [-0.1, -0.05) is 29.8 Å². The first kappa shape index (κ1) is 16.7. The van der Waals surface area contributed by atoms with Gasteiger partial charge in [0, 0.05) is 38.6 Å². The molecule has 1 spiro atoms. The summed E-state index contributed by atoms with van der Waals surface area (Å²) in [5.74, 6) is 0.0355. The lowest BCUT2D eigenvalue weighted by Crippen LogP contribution is -2.38. The Morgan fingerprint density at radius 2 is 2.08 bits per heavy atom. The number of benzene rings is 1. The Labute approximate surface area is 152 Å². The molecule has 26 heavy (non-hydrogen) atoms. The van der Waals surface area contributed by atoms with Crippen LogP contribution >= 0.6 is 0 Å². The lowest BCUT2D eigenvalue weighted by Gasteiger charge is -2.23. The van der Waals surface area contributed by atoms with Crippen molar-refractivity contribution in [3.8, 4) is 0 Å². The molecule has 2 aliphatic rings. The highest BCUT2D eigenvalue weighted by Crippen LogP contribution is 2.41. The number of hydrogen-bond donors (Lipinski definition) is 0. The smallest absolute Gasteiger partial charge is 0.274 e. The lowest BCUT2D eigenvalue weighted by atomic mass is 9.85. The minimum Gasteiger partial charge on any atom is -0.338 e. The molecule has 134 valence electrons. The fraction of sp³-hybridized carbons (Fsp3) is 0.400. The number of hydrogen-bond acceptors (Lipinski definition) is 4. The summed E-state index contributed by atoms with van der Waals surface area (Å²) in [5.41, 5.74) is 2.26. The molecule has 6 heteroatoms. The van der Waals surface area contributed by atoms with Gasteiger partial charge in [0.15, 0.2) is 0 Å². The van der Waals surface area contributed by atoms with Crippen LogP contribution in [0.25, 0.3) is 0 Å². The second-order valence-corrected chi connectivity index (χ2v) is 7.31. The Bertz CT molecular complexity index is 839. The third-order valence-electron chi connectivity index (χ3n) is 5.48. The molecule has 0 N–H and O–H groups in total. The van der Waals surface area contributed by atoms with Gasteiger partial charge in [-0.15, -0.1) is 0 Å². The molecule has 0 saturated carbocycles. The second-order valence-electron chi connectivity index (χ2n) is 7.31. The summed E-state index contributed by atoms with van der Waals surface area (Å²) in [6.07, 6.45) is 6.08. The van der Waals surface area contributed by atoms with Gasteiger partial charge in [0.05, 0.1) is 11.6 Å². The van der Waals surface area contributed by atoms with Gasteiger partial charge in [-0.25, -0.2) is 4.98 Å². The molecule has 2 aliphatic heterocycles. The topological polar surface area (TPSA) is 66.4 Å². The highest BCUT2D eigenvalue weighted by atomic mass is 16.2. The van der Waals surface area contributed by atoms with Crippen molar-refractivity contribution in [1.29, 1.82) is 0 Å². The van der Waals surface area contributed by atoms with Gasteiger partial charge >= 0.3 is 0 Å². The van der Waals surface area contributed by atoms with E-state index in [2.05, 4.69) is 35.1 Å². The van der Waals surface area contributed by atoms with Crippen LogP contribution in [-0.2, 0) is 11.3 Å². The first-order valence-corrected chi connectivity index (χ1v) is 8.98. The maximum absolute atomic E-state index is 13.1. The maximum Gasteiger partial charge on any atom is 0.274 e. The van der Waals surface area contributed by atoms with E-state index in [9.17, 15) is 9.59 Å². The molecule has 1 atom stereocenters. The van der Waals surface area contributed by atoms with Crippen molar-refractivity contribution in [3.05, 3.63) is 59.7 Å². The number of amides is 2. The minimum absolute atomic E-state index is 0.139. The predicted molar refractivity (Wildman–Crippen MR) is 96.2 cm³/mol. The number of carbonyl (C=O) groups is 2. The Kier molecular flexibility index (Phi) is 4.18. The number of likely N-dealkylation sites (tertiary alicyclic amines) is 2. The van der Waals surface area contributed by atoms with Gasteiger partial charge in [0.2, 0.25) is 5.91 Å². The van der Waals surface area contributed by atoms with Crippen molar-refractivity contribution < 1.29 is 9.59 Å². The molecule has 1 aromatic heterocycles. The number of nitrogens with zero attached hydrogens (tertiary/aromatic N) is 4. The number of carbonyl (C=O) groups excluding carboxylic acids is 2. The van der Waals surface area contributed by atoms with Crippen LogP contribution in [0.15, 0.2) is 42.9 Å². The van der Waals surface area contributed by atoms with Gasteiger partial charge in [0.1, 0.15) is 5.69 Å². The van der Waals surface area contributed by atoms with E-state index in [1.54, 1.807) is 11.1 Å². The molecule has 2 aromatic rings. The number of rotatable bonds is 3. The Morgan fingerprint density at radius 3 is 2.85 bits per heavy atom. The maximum atomic E-state index is 13.1. The molecular weight excluding hydrogens is 328 g/mol. The highest BCUT2D eigenvalue weighted by Gasteiger charge is 2.51. The predicted octanol–water partition coefficient (Wildman–Crippen LogP) is 2.05. The molecule has 1 aromatic carbocycles. The largest absolute Gasteiger partial charge is 0.338 e. The van der Waals surface area contributed by atoms with E-state index in [1.165, 1.54) is 18.0 Å². The molecule has 3 heterocycles. The van der Waals surface area contributed by atoms with Crippen LogP contribution in [0.5, 0.6) is 0 Å². The average Bonchev–Trinajstić information content (AvgIpc) is 3.22. The summed E-state index contributed by atoms with van der Waals surface area (Å²) in [6, 6.07) is 8.27. The molecule has 2 saturated heterocycles. The molecule has 2 fully saturated rings. The molecule has 6 nitrogen and oxygen atoms in total. The van der Waals surface area contributed by atoms with E-state index in [-0.39, 0.29) is 11.8 Å². The third kappa shape index (κ3) is 2.96. The molecule has 0 aliphatic carbocycles. The van der Waals surface area contributed by atoms with E-state index >= 15 is 0 Å². The quantitative estimate of drug-likeness (QED) is 0.850. The number of aromatic nitrogens is 2. The van der Waals surface area contributed by atoms with E-state index in [1.807, 2.05) is 11.0 Å². The normalized spacial score (nSPS) is 22.4. The summed E-state index contributed by atoms with van der Waals surface area (Å²) < 4.78 is 0. The minimum atomic E-state index is -0.429. The first-order valence-electron chi connectivity index (χ1n) is 8.98. The standard InChI is InChI=1S/C20H22N4O2/c1-15-3-2-4-16(11-15)13-23-9-5-20(19(23)26)6-10-24(14-20)18(25)17-12-21-7-8-22-17/h2-4,7-8,11-12H,5-6,9-10,13-14H2,1H3/t20-/m0/s1. The fourth-order valence-electron chi connectivity index (χ4n) is 4.07. The van der Waals surface area contributed by atoms with Gasteiger partial charge in [-0.3, -0.25) is 14.6 Å². The Hall–Kier alpha value is -2.76. The molecule has 0 bridgehead atoms. The highest BCUT2D eigenvalue weighted by molar-refractivity contribution is 5.93. The Morgan fingerprint density at radius 1 is 1.23 bits per heavy atom. The van der Waals surface area contributed by atoms with Crippen molar-refractivity contribution in [2.45, 2.75) is 26.3 Å². The zero-order valence-electron chi connectivity index (χ0n) is 14.9. The van der Waals surface area contributed by atoms with Crippen molar-refractivity contribution >= 4 is 11.8 Å². The van der Waals surface area contributed by atoms with Crippen molar-refractivity contribution in [2.75, 3.05) is 19.6 Å². The zero-order chi connectivity index (χ0) is 18.1. The van der Waals surface area contributed by atoms with E-state index in [0.717, 1.165) is 24.9 Å². The molecular formula is C20H22N4O2. The summed E-state index contributed by atoms with van der Waals surface area (Å²) in [6.45, 7) is 4.52. The summed E-state index contributed by atoms with van der Waals surface area (Å²) in [4.78, 5) is 37.4. The lowest BCUT2D eigenvalue weighted by molar-refractivity contribution is -0.135. The van der Waals surface area contributed by atoms with Crippen molar-refractivity contribution in [3.63, 3.8) is 0 Å². The van der Waals surface area contributed by atoms with Crippen LogP contribution in [0.1, 0.15) is 34.5 Å². The fourth-order valence-corrected chi connectivity index (χ4v) is 4.07. The Balaban J connectivity index is 1.45. The van der Waals surface area contributed by atoms with Crippen LogP contribution in [0.4, 0.5) is 0 Å². The SMILES string of the molecule is Cc1cccc(CN2CC[C@@]3(CCN(C(=O)c4cnccn4)C3)C2=O)c1. The van der Waals surface area contributed by atoms with Gasteiger partial charge in [0.25, 0.3) is 5.91 Å². The zero-order valence-corrected chi connectivity index (χ0v) is 14.9. The van der Waals surface area contributed by atoms with Crippen LogP contribution in [-0.4, -0.2) is 51.2 Å². The molecule has 0 radical (unpaired) electrons. The van der Waals surface area contributed by atoms with E-state index in [0.29, 0.717) is 25.3 Å². The van der Waals surface area contributed by atoms with Gasteiger partial charge < -0.3 is 9.80 Å². The third-order valence-corrected chi connectivity index (χ3v) is 5.48. The molecule has 2 amide bonds. The van der Waals surface area contributed by atoms with Gasteiger partial charge in [-0.05, 0) is 25.3 Å². The van der Waals surface area contributed by atoms with E-state index < -0.39 is 5.41 Å². The summed E-state index contributed by atoms with van der Waals surface area (Å²) >= 11 is 0. The van der Waals surface area contributed by atoms with Crippen LogP contribution in [0.3, 0.4) is 0 Å². The monoisotopic (exact) mass is 350 g/mol.